The number of aliphatic hydroxyl groups excluding tert-OH is 1. The molecule has 2 amide bonds. The summed E-state index contributed by atoms with van der Waals surface area (Å²) in [4.78, 5) is 47.5. The van der Waals surface area contributed by atoms with E-state index in [4.69, 9.17) is 6.57 Å². The third-order valence-electron chi connectivity index (χ3n) is 15.2. The molecule has 6 aliphatic rings. The van der Waals surface area contributed by atoms with Crippen LogP contribution in [0.25, 0.3) is 4.85 Å². The molecule has 1 heterocycles. The molecule has 0 radical (unpaired) electrons. The van der Waals surface area contributed by atoms with E-state index in [1.165, 1.54) is 4.90 Å². The van der Waals surface area contributed by atoms with E-state index in [0.29, 0.717) is 42.0 Å². The number of carbonyl (C=O) groups is 3. The fourth-order valence-electron chi connectivity index (χ4n) is 12.7. The molecule has 1 aliphatic heterocycles. The number of aliphatic hydroxyl groups is 1. The maximum Gasteiger partial charge on any atom is 0.261 e. The van der Waals surface area contributed by atoms with Gasteiger partial charge < -0.3 is 5.11 Å². The number of allylic oxidation sites excluding steroid dienone is 2. The standard InChI is InChI=1S/C39H50N2O4/c1-34(2)15-17-39(22-41-32(44)23-11-9-10-12-24(23)33(41)45)18-16-38(7)30(25(39)20-34)27(42)19-29-36(5)21-26(40-8)31(43)35(3,4)28(36)13-14-37(29,38)6/h9-12,25,28-30,43H,13-22H2,1-7H3/t25-,28-,29+,30-,36-,37+,38+,39+/m0/s1. The van der Waals surface area contributed by atoms with Gasteiger partial charge in [0, 0.05) is 24.3 Å². The molecule has 240 valence electrons. The van der Waals surface area contributed by atoms with E-state index in [-0.39, 0.29) is 68.3 Å². The molecule has 6 nitrogen and oxygen atoms in total. The van der Waals surface area contributed by atoms with E-state index < -0.39 is 5.41 Å². The van der Waals surface area contributed by atoms with Gasteiger partial charge in [-0.05, 0) is 108 Å². The van der Waals surface area contributed by atoms with Gasteiger partial charge in [0.2, 0.25) is 5.70 Å². The number of hydrogen-bond donors (Lipinski definition) is 1. The van der Waals surface area contributed by atoms with E-state index in [1.807, 2.05) is 12.1 Å². The maximum atomic E-state index is 14.9. The quantitative estimate of drug-likeness (QED) is 0.269. The lowest BCUT2D eigenvalue weighted by molar-refractivity contribution is -0.231. The lowest BCUT2D eigenvalue weighted by Gasteiger charge is -2.72. The second-order valence-electron chi connectivity index (χ2n) is 18.0. The smallest absolute Gasteiger partial charge is 0.261 e. The molecule has 7 rings (SSSR count). The van der Waals surface area contributed by atoms with Gasteiger partial charge in [0.1, 0.15) is 11.5 Å². The zero-order valence-electron chi connectivity index (χ0n) is 28.3. The average molecular weight is 611 g/mol. The van der Waals surface area contributed by atoms with Gasteiger partial charge in [0.05, 0.1) is 17.7 Å². The predicted molar refractivity (Wildman–Crippen MR) is 173 cm³/mol. The Morgan fingerprint density at radius 1 is 0.867 bits per heavy atom. The first kappa shape index (κ1) is 30.7. The monoisotopic (exact) mass is 610 g/mol. The Balaban J connectivity index is 1.29. The Bertz CT molecular complexity index is 1560. The van der Waals surface area contributed by atoms with Crippen LogP contribution in [0.4, 0.5) is 0 Å². The second-order valence-corrected chi connectivity index (χ2v) is 18.0. The number of rotatable bonds is 2. The minimum atomic E-state index is -0.503. The highest BCUT2D eigenvalue weighted by molar-refractivity contribution is 6.21. The first-order valence-corrected chi connectivity index (χ1v) is 17.2. The summed E-state index contributed by atoms with van der Waals surface area (Å²) in [5.74, 6) is 0.512. The van der Waals surface area contributed by atoms with Crippen molar-refractivity contribution >= 4 is 17.6 Å². The molecule has 5 aliphatic carbocycles. The lowest BCUT2D eigenvalue weighted by Crippen LogP contribution is -2.69. The molecule has 8 atom stereocenters. The van der Waals surface area contributed by atoms with Gasteiger partial charge in [-0.1, -0.05) is 60.6 Å². The molecule has 0 aromatic heterocycles. The van der Waals surface area contributed by atoms with E-state index in [0.717, 1.165) is 44.9 Å². The third-order valence-corrected chi connectivity index (χ3v) is 15.2. The summed E-state index contributed by atoms with van der Waals surface area (Å²) < 4.78 is 0. The van der Waals surface area contributed by atoms with Crippen LogP contribution >= 0.6 is 0 Å². The van der Waals surface area contributed by atoms with Gasteiger partial charge in [-0.3, -0.25) is 19.3 Å². The van der Waals surface area contributed by atoms with Gasteiger partial charge in [0.15, 0.2) is 0 Å². The fraction of sp³-hybridized carbons (Fsp3) is 0.692. The molecule has 1 aromatic rings. The summed E-state index contributed by atoms with van der Waals surface area (Å²) in [5, 5.41) is 11.2. The van der Waals surface area contributed by atoms with Crippen molar-refractivity contribution in [3.8, 4) is 0 Å². The summed E-state index contributed by atoms with van der Waals surface area (Å²) in [7, 11) is 0. The van der Waals surface area contributed by atoms with E-state index in [9.17, 15) is 19.5 Å². The second kappa shape index (κ2) is 9.33. The van der Waals surface area contributed by atoms with Gasteiger partial charge >= 0.3 is 0 Å². The van der Waals surface area contributed by atoms with Crippen LogP contribution in [0.5, 0.6) is 0 Å². The Hall–Kier alpha value is -2.94. The summed E-state index contributed by atoms with van der Waals surface area (Å²) in [5.41, 5.74) is 0.184. The highest BCUT2D eigenvalue weighted by Gasteiger charge is 2.72. The van der Waals surface area contributed by atoms with Crippen LogP contribution in [0.2, 0.25) is 0 Å². The fourth-order valence-corrected chi connectivity index (χ4v) is 12.7. The lowest BCUT2D eigenvalue weighted by atomic mass is 9.31. The average Bonchev–Trinajstić information content (AvgIpc) is 3.21. The van der Waals surface area contributed by atoms with Crippen LogP contribution in [-0.4, -0.2) is 34.1 Å². The summed E-state index contributed by atoms with van der Waals surface area (Å²) in [6.07, 6.45) is 7.69. The number of carbonyl (C=O) groups excluding carboxylic acids is 3. The Morgan fingerprint density at radius 3 is 2.11 bits per heavy atom. The Morgan fingerprint density at radius 2 is 1.49 bits per heavy atom. The predicted octanol–water partition coefficient (Wildman–Crippen LogP) is 8.64. The molecule has 4 saturated carbocycles. The normalized spacial score (nSPS) is 43.1. The molecular weight excluding hydrogens is 560 g/mol. The van der Waals surface area contributed by atoms with Crippen LogP contribution in [-0.2, 0) is 4.79 Å². The minimum Gasteiger partial charge on any atom is -0.523 e. The van der Waals surface area contributed by atoms with Crippen molar-refractivity contribution < 1.29 is 19.5 Å². The van der Waals surface area contributed by atoms with Crippen LogP contribution < -0.4 is 0 Å². The van der Waals surface area contributed by atoms with E-state index >= 15 is 0 Å². The van der Waals surface area contributed by atoms with Crippen LogP contribution in [0.3, 0.4) is 0 Å². The van der Waals surface area contributed by atoms with Crippen molar-refractivity contribution in [2.45, 2.75) is 106 Å². The highest BCUT2D eigenvalue weighted by Crippen LogP contribution is 2.76. The Kier molecular flexibility index (Phi) is 6.36. The first-order valence-electron chi connectivity index (χ1n) is 17.2. The number of amides is 2. The van der Waals surface area contributed by atoms with Crippen LogP contribution in [0.15, 0.2) is 35.7 Å². The number of imide groups is 1. The highest BCUT2D eigenvalue weighted by atomic mass is 16.3. The van der Waals surface area contributed by atoms with Gasteiger partial charge in [-0.15, -0.1) is 0 Å². The molecule has 6 heteroatoms. The van der Waals surface area contributed by atoms with Gasteiger partial charge in [-0.2, -0.15) is 0 Å². The summed E-state index contributed by atoms with van der Waals surface area (Å²) in [6, 6.07) is 7.16. The molecule has 45 heavy (non-hydrogen) atoms. The molecule has 0 unspecified atom stereocenters. The zero-order chi connectivity index (χ0) is 32.5. The molecule has 0 spiro atoms. The Labute approximate surface area is 268 Å². The number of Topliss-reactive ketones (excluding diaryl/α,β-unsaturated/α-hetero) is 1. The number of benzene rings is 1. The molecule has 0 saturated heterocycles. The third kappa shape index (κ3) is 3.82. The van der Waals surface area contributed by atoms with E-state index in [2.05, 4.69) is 53.3 Å². The molecule has 1 N–H and O–H groups in total. The van der Waals surface area contributed by atoms with Crippen molar-refractivity contribution in [2.75, 3.05) is 6.54 Å². The SMILES string of the molecule is [C-]#[N+]C1=C(O)C(C)(C)[C@@H]2CC[C@]3(C)[C@H](CC(=O)[C@@H]4[C@@H]5CC(C)(C)CC[C@]5(CN5C(=O)c6ccccc6C5=O)CC[C@]43C)[C@@]2(C)C1. The molecule has 4 fully saturated rings. The summed E-state index contributed by atoms with van der Waals surface area (Å²) >= 11 is 0. The number of nitrogens with zero attached hydrogens (tertiary/aromatic N) is 2. The number of ketones is 1. The zero-order valence-corrected chi connectivity index (χ0v) is 28.3. The van der Waals surface area contributed by atoms with Crippen molar-refractivity contribution in [1.29, 1.82) is 0 Å². The van der Waals surface area contributed by atoms with E-state index in [1.54, 1.807) is 12.1 Å². The van der Waals surface area contributed by atoms with Crippen molar-refractivity contribution in [3.63, 3.8) is 0 Å². The largest absolute Gasteiger partial charge is 0.523 e. The van der Waals surface area contributed by atoms with Crippen molar-refractivity contribution in [3.05, 3.63) is 58.3 Å². The van der Waals surface area contributed by atoms with Crippen molar-refractivity contribution in [1.82, 2.24) is 4.90 Å². The number of fused-ring (bicyclic) bond motifs is 8. The topological polar surface area (TPSA) is 79.0 Å². The van der Waals surface area contributed by atoms with Crippen LogP contribution in [0.1, 0.15) is 127 Å². The summed E-state index contributed by atoms with van der Waals surface area (Å²) in [6.45, 7) is 24.3. The maximum absolute atomic E-state index is 14.9. The van der Waals surface area contributed by atoms with Crippen molar-refractivity contribution in [2.24, 2.45) is 56.2 Å². The molecule has 0 bridgehead atoms. The van der Waals surface area contributed by atoms with Gasteiger partial charge in [0.25, 0.3) is 11.8 Å². The first-order chi connectivity index (χ1) is 21.0. The van der Waals surface area contributed by atoms with Crippen LogP contribution in [0, 0.1) is 62.7 Å². The molecule has 1 aromatic carbocycles. The number of hydrogen-bond acceptors (Lipinski definition) is 4. The minimum absolute atomic E-state index is 0.0797. The van der Waals surface area contributed by atoms with Gasteiger partial charge in [-0.25, -0.2) is 4.85 Å². The molecular formula is C39H50N2O4.